The number of non-ortho nitro benzene ring substituents is 1. The monoisotopic (exact) mass is 546 g/mol. The number of fused-ring (bicyclic) bond motifs is 1. The number of nitro benzene ring substituents is 1. The molecule has 2 aromatic rings. The van der Waals surface area contributed by atoms with E-state index < -0.39 is 22.2 Å². The molecule has 10 heteroatoms. The number of aryl methyl sites for hydroxylation is 1. The second kappa shape index (κ2) is 9.97. The number of esters is 1. The largest absolute Gasteiger partial charge is 0.465 e. The van der Waals surface area contributed by atoms with Gasteiger partial charge in [-0.1, -0.05) is 32.4 Å². The van der Waals surface area contributed by atoms with Gasteiger partial charge in [-0.15, -0.1) is 11.3 Å². The van der Waals surface area contributed by atoms with Gasteiger partial charge in [0.05, 0.1) is 35.2 Å². The number of thiophene rings is 1. The zero-order valence-electron chi connectivity index (χ0n) is 22.2. The predicted molar refractivity (Wildman–Crippen MR) is 147 cm³/mol. The van der Waals surface area contributed by atoms with Gasteiger partial charge in [-0.25, -0.2) is 4.79 Å². The summed E-state index contributed by atoms with van der Waals surface area (Å²) in [7, 11) is 1.35. The molecule has 0 bridgehead atoms. The van der Waals surface area contributed by atoms with Crippen molar-refractivity contribution in [3.05, 3.63) is 78.6 Å². The average Bonchev–Trinajstić information content (AvgIpc) is 3.08. The van der Waals surface area contributed by atoms with Crippen molar-refractivity contribution in [3.8, 4) is 6.07 Å². The number of nitrogens with two attached hydrogens (primary N) is 1. The minimum atomic E-state index is -0.843. The normalized spacial score (nSPS) is 20.6. The predicted octanol–water partition coefficient (Wildman–Crippen LogP) is 5.65. The summed E-state index contributed by atoms with van der Waals surface area (Å²) in [5.74, 6) is -1.33. The Labute approximate surface area is 230 Å². The summed E-state index contributed by atoms with van der Waals surface area (Å²) in [6.07, 6.45) is 5.35. The Morgan fingerprint density at radius 1 is 1.26 bits per heavy atom. The van der Waals surface area contributed by atoms with Gasteiger partial charge in [0.1, 0.15) is 10.8 Å². The summed E-state index contributed by atoms with van der Waals surface area (Å²) in [5, 5.41) is 22.5. The SMILES string of the molecule is COC(=O)c1c(N2C(N)=C(C#N)[C@H](c3cccc([N+](=O)[O-])c3)C3=C2CC(C)(C)CC3=O)sc2c1CCCCC2. The van der Waals surface area contributed by atoms with Gasteiger partial charge in [0.2, 0.25) is 0 Å². The highest BCUT2D eigenvalue weighted by Gasteiger charge is 2.46. The Kier molecular flexibility index (Phi) is 6.81. The Balaban J connectivity index is 1.80. The van der Waals surface area contributed by atoms with Crippen LogP contribution in [0, 0.1) is 26.9 Å². The van der Waals surface area contributed by atoms with Crippen molar-refractivity contribution in [1.82, 2.24) is 0 Å². The summed E-state index contributed by atoms with van der Waals surface area (Å²) in [4.78, 5) is 40.9. The maximum atomic E-state index is 13.8. The van der Waals surface area contributed by atoms with Gasteiger partial charge in [-0.05, 0) is 48.6 Å². The number of ketones is 1. The summed E-state index contributed by atoms with van der Waals surface area (Å²) in [5.41, 5.74) is 9.27. The van der Waals surface area contributed by atoms with Gasteiger partial charge in [0.15, 0.2) is 5.78 Å². The fraction of sp³-hybridized carbons (Fsp3) is 0.414. The number of nitro groups is 1. The second-order valence-corrected chi connectivity index (χ2v) is 12.2. The number of allylic oxidation sites excluding steroid dienone is 3. The molecule has 1 aliphatic heterocycles. The zero-order valence-corrected chi connectivity index (χ0v) is 23.0. The lowest BCUT2D eigenvalue weighted by atomic mass is 9.68. The van der Waals surface area contributed by atoms with Crippen LogP contribution in [0.15, 0.2) is 46.9 Å². The highest BCUT2D eigenvalue weighted by atomic mass is 32.1. The number of ether oxygens (including phenoxy) is 1. The number of Topliss-reactive ketones (excluding diaryl/α,β-unsaturated/α-hetero) is 1. The van der Waals surface area contributed by atoms with Crippen LogP contribution in [0.5, 0.6) is 0 Å². The van der Waals surface area contributed by atoms with Gasteiger partial charge in [0, 0.05) is 34.7 Å². The first-order valence-electron chi connectivity index (χ1n) is 13.0. The number of nitrogens with zero attached hydrogens (tertiary/aromatic N) is 3. The van der Waals surface area contributed by atoms with Gasteiger partial charge in [-0.2, -0.15) is 5.26 Å². The molecule has 3 aliphatic rings. The summed E-state index contributed by atoms with van der Waals surface area (Å²) < 4.78 is 5.22. The molecule has 0 fully saturated rings. The molecule has 0 amide bonds. The first-order chi connectivity index (χ1) is 18.6. The number of nitriles is 1. The van der Waals surface area contributed by atoms with E-state index in [1.54, 1.807) is 17.0 Å². The average molecular weight is 547 g/mol. The molecule has 202 valence electrons. The van der Waals surface area contributed by atoms with Gasteiger partial charge >= 0.3 is 5.97 Å². The molecule has 0 radical (unpaired) electrons. The minimum absolute atomic E-state index is 0.125. The van der Waals surface area contributed by atoms with Crippen LogP contribution in [0.3, 0.4) is 0 Å². The molecule has 9 nitrogen and oxygen atoms in total. The molecule has 0 spiro atoms. The third-order valence-corrected chi connectivity index (χ3v) is 9.07. The molecule has 1 aromatic heterocycles. The molecular formula is C29H30N4O5S. The number of rotatable bonds is 4. The molecule has 1 atom stereocenters. The maximum Gasteiger partial charge on any atom is 0.341 e. The fourth-order valence-electron chi connectivity index (χ4n) is 6.09. The third-order valence-electron chi connectivity index (χ3n) is 7.79. The number of anilines is 1. The Morgan fingerprint density at radius 2 is 2.00 bits per heavy atom. The maximum absolute atomic E-state index is 13.8. The Bertz CT molecular complexity index is 1510. The molecule has 0 saturated carbocycles. The van der Waals surface area contributed by atoms with E-state index in [0.717, 1.165) is 42.5 Å². The van der Waals surface area contributed by atoms with Crippen LogP contribution in [0.4, 0.5) is 10.7 Å². The van der Waals surface area contributed by atoms with Crippen molar-refractivity contribution < 1.29 is 19.2 Å². The van der Waals surface area contributed by atoms with Gasteiger partial charge in [-0.3, -0.25) is 19.8 Å². The lowest BCUT2D eigenvalue weighted by Gasteiger charge is -2.43. The van der Waals surface area contributed by atoms with E-state index in [0.29, 0.717) is 33.8 Å². The van der Waals surface area contributed by atoms with Crippen molar-refractivity contribution in [3.63, 3.8) is 0 Å². The lowest BCUT2D eigenvalue weighted by Crippen LogP contribution is -2.42. The fourth-order valence-corrected chi connectivity index (χ4v) is 7.51. The van der Waals surface area contributed by atoms with Crippen LogP contribution >= 0.6 is 11.3 Å². The first-order valence-corrected chi connectivity index (χ1v) is 13.8. The summed E-state index contributed by atoms with van der Waals surface area (Å²) in [6, 6.07) is 8.21. The van der Waals surface area contributed by atoms with Crippen molar-refractivity contribution in [2.75, 3.05) is 12.0 Å². The molecule has 2 heterocycles. The molecule has 5 rings (SSSR count). The van der Waals surface area contributed by atoms with Crippen LogP contribution < -0.4 is 10.6 Å². The van der Waals surface area contributed by atoms with E-state index in [1.165, 1.54) is 30.6 Å². The van der Waals surface area contributed by atoms with Crippen molar-refractivity contribution in [2.24, 2.45) is 11.1 Å². The smallest absolute Gasteiger partial charge is 0.341 e. The molecular weight excluding hydrogens is 516 g/mol. The minimum Gasteiger partial charge on any atom is -0.465 e. The van der Waals surface area contributed by atoms with E-state index in [-0.39, 0.29) is 29.3 Å². The molecule has 2 aliphatic carbocycles. The Morgan fingerprint density at radius 3 is 2.69 bits per heavy atom. The molecule has 39 heavy (non-hydrogen) atoms. The number of hydrogen-bond donors (Lipinski definition) is 1. The van der Waals surface area contributed by atoms with Crippen LogP contribution in [0.2, 0.25) is 0 Å². The van der Waals surface area contributed by atoms with Crippen molar-refractivity contribution in [2.45, 2.75) is 64.7 Å². The van der Waals surface area contributed by atoms with Crippen LogP contribution in [-0.4, -0.2) is 23.8 Å². The van der Waals surface area contributed by atoms with Crippen molar-refractivity contribution in [1.29, 1.82) is 5.26 Å². The third kappa shape index (κ3) is 4.51. The second-order valence-electron chi connectivity index (χ2n) is 11.1. The summed E-state index contributed by atoms with van der Waals surface area (Å²) >= 11 is 1.47. The molecule has 1 aromatic carbocycles. The van der Waals surface area contributed by atoms with Crippen LogP contribution in [0.25, 0.3) is 0 Å². The molecule has 0 unspecified atom stereocenters. The van der Waals surface area contributed by atoms with Crippen LogP contribution in [-0.2, 0) is 22.4 Å². The van der Waals surface area contributed by atoms with Gasteiger partial charge < -0.3 is 10.5 Å². The standard InChI is InChI=1S/C29H30N4O5S/c1-29(2)13-20-25(21(34)14-29)23(16-8-7-9-17(12-16)33(36)37)19(15-30)26(31)32(20)27-24(28(35)38-3)18-10-5-4-6-11-22(18)39-27/h7-9,12,23H,4-6,10-11,13-14,31H2,1-3H3/t23-/m0/s1. The van der Waals surface area contributed by atoms with E-state index in [2.05, 4.69) is 6.07 Å². The van der Waals surface area contributed by atoms with Gasteiger partial charge in [0.25, 0.3) is 5.69 Å². The van der Waals surface area contributed by atoms with E-state index >= 15 is 0 Å². The topological polar surface area (TPSA) is 140 Å². The lowest BCUT2D eigenvalue weighted by molar-refractivity contribution is -0.384. The zero-order chi connectivity index (χ0) is 28.1. The highest BCUT2D eigenvalue weighted by Crippen LogP contribution is 2.53. The quantitative estimate of drug-likeness (QED) is 0.224. The number of carbonyl (C=O) groups excluding carboxylic acids is 2. The van der Waals surface area contributed by atoms with E-state index in [4.69, 9.17) is 10.5 Å². The number of hydrogen-bond acceptors (Lipinski definition) is 9. The highest BCUT2D eigenvalue weighted by molar-refractivity contribution is 7.16. The first kappa shape index (κ1) is 26.6. The summed E-state index contributed by atoms with van der Waals surface area (Å²) in [6.45, 7) is 4.00. The number of methoxy groups -OCH3 is 1. The van der Waals surface area contributed by atoms with Crippen LogP contribution in [0.1, 0.15) is 78.2 Å². The van der Waals surface area contributed by atoms with E-state index in [1.807, 2.05) is 13.8 Å². The van der Waals surface area contributed by atoms with Crippen molar-refractivity contribution >= 4 is 33.8 Å². The number of carbonyl (C=O) groups is 2. The molecule has 2 N–H and O–H groups in total. The Hall–Kier alpha value is -3.97. The number of benzene rings is 1. The van der Waals surface area contributed by atoms with E-state index in [9.17, 15) is 25.0 Å². The molecule has 0 saturated heterocycles.